The first-order chi connectivity index (χ1) is 39.8. The molecule has 0 saturated carbocycles. The summed E-state index contributed by atoms with van der Waals surface area (Å²) in [5, 5.41) is 0. The molecule has 0 fully saturated rings. The van der Waals surface area contributed by atoms with Crippen LogP contribution in [0.3, 0.4) is 0 Å². The van der Waals surface area contributed by atoms with Crippen LogP contribution in [-0.2, 0) is 32.7 Å². The molecule has 0 radical (unpaired) electrons. The summed E-state index contributed by atoms with van der Waals surface area (Å²) < 4.78 is 33.2. The molecule has 0 aliphatic carbocycles. The Bertz CT molecular complexity index is 1420. The maximum Gasteiger partial charge on any atom is 0.472 e. The van der Waals surface area contributed by atoms with Crippen LogP contribution in [0.1, 0.15) is 373 Å². The van der Waals surface area contributed by atoms with Gasteiger partial charge in [-0.25, -0.2) is 4.57 Å². The highest BCUT2D eigenvalue weighted by Crippen LogP contribution is 2.43. The second-order valence-electron chi connectivity index (χ2n) is 24.1. The fourth-order valence-electron chi connectivity index (χ4n) is 10.7. The quantitative estimate of drug-likeness (QED) is 0.0264. The Hall–Kier alpha value is -1.77. The van der Waals surface area contributed by atoms with Gasteiger partial charge in [0.15, 0.2) is 6.10 Å². The Labute approximate surface area is 503 Å². The van der Waals surface area contributed by atoms with Gasteiger partial charge in [0.1, 0.15) is 6.61 Å². The number of hydrogen-bond acceptors (Lipinski definition) is 8. The molecule has 2 unspecified atom stereocenters. The summed E-state index contributed by atoms with van der Waals surface area (Å²) in [6, 6.07) is 0. The zero-order valence-electron chi connectivity index (χ0n) is 53.8. The number of phosphoric ester groups is 1. The number of ether oxygens (including phenoxy) is 2. The zero-order chi connectivity index (χ0) is 58.7. The normalized spacial score (nSPS) is 13.1. The van der Waals surface area contributed by atoms with E-state index in [0.29, 0.717) is 6.42 Å². The van der Waals surface area contributed by atoms with Crippen molar-refractivity contribution in [2.24, 2.45) is 5.73 Å². The third kappa shape index (κ3) is 67.2. The lowest BCUT2D eigenvalue weighted by Gasteiger charge is -2.19. The number of phosphoric acid groups is 1. The lowest BCUT2D eigenvalue weighted by Crippen LogP contribution is -2.29. The van der Waals surface area contributed by atoms with E-state index < -0.39 is 26.5 Å². The van der Waals surface area contributed by atoms with E-state index in [0.717, 1.165) is 38.5 Å². The topological polar surface area (TPSA) is 134 Å². The van der Waals surface area contributed by atoms with Crippen LogP contribution < -0.4 is 5.73 Å². The summed E-state index contributed by atoms with van der Waals surface area (Å²) in [6.07, 6.45) is 83.9. The molecule has 0 spiro atoms. The van der Waals surface area contributed by atoms with Crippen LogP contribution in [0.2, 0.25) is 0 Å². The average Bonchev–Trinajstić information content (AvgIpc) is 3.46. The van der Waals surface area contributed by atoms with Gasteiger partial charge in [-0.15, -0.1) is 0 Å². The van der Waals surface area contributed by atoms with Gasteiger partial charge in [-0.1, -0.05) is 326 Å². The summed E-state index contributed by atoms with van der Waals surface area (Å²) in [6.45, 7) is 3.80. The summed E-state index contributed by atoms with van der Waals surface area (Å²) in [5.41, 5.74) is 5.40. The molecule has 0 bridgehead atoms. The van der Waals surface area contributed by atoms with E-state index in [1.54, 1.807) is 0 Å². The van der Waals surface area contributed by atoms with Gasteiger partial charge in [0, 0.05) is 19.4 Å². The number of allylic oxidation sites excluding steroid dienone is 6. The van der Waals surface area contributed by atoms with Crippen molar-refractivity contribution in [3.8, 4) is 0 Å². The lowest BCUT2D eigenvalue weighted by molar-refractivity contribution is -0.161. The molecule has 81 heavy (non-hydrogen) atoms. The maximum atomic E-state index is 12.8. The van der Waals surface area contributed by atoms with E-state index in [1.807, 2.05) is 0 Å². The highest BCUT2D eigenvalue weighted by Gasteiger charge is 2.26. The average molecular weight is 1160 g/mol. The van der Waals surface area contributed by atoms with Gasteiger partial charge in [-0.05, 0) is 70.6 Å². The third-order valence-electron chi connectivity index (χ3n) is 16.0. The molecule has 0 aromatic rings. The summed E-state index contributed by atoms with van der Waals surface area (Å²) in [4.78, 5) is 35.4. The molecule has 0 aliphatic rings. The van der Waals surface area contributed by atoms with Crippen LogP contribution in [0.25, 0.3) is 0 Å². The van der Waals surface area contributed by atoms with E-state index >= 15 is 0 Å². The van der Waals surface area contributed by atoms with Crippen molar-refractivity contribution in [1.82, 2.24) is 0 Å². The molecule has 0 aromatic carbocycles. The Kier molecular flexibility index (Phi) is 65.9. The molecule has 0 aromatic heterocycles. The van der Waals surface area contributed by atoms with Gasteiger partial charge < -0.3 is 20.1 Å². The smallest absolute Gasteiger partial charge is 0.462 e. The van der Waals surface area contributed by atoms with Crippen LogP contribution in [0.4, 0.5) is 0 Å². The Morgan fingerprint density at radius 2 is 0.642 bits per heavy atom. The van der Waals surface area contributed by atoms with Crippen LogP contribution >= 0.6 is 7.82 Å². The number of unbranched alkanes of at least 4 members (excludes halogenated alkanes) is 49. The highest BCUT2D eigenvalue weighted by molar-refractivity contribution is 7.47. The van der Waals surface area contributed by atoms with E-state index in [-0.39, 0.29) is 38.6 Å². The van der Waals surface area contributed by atoms with Gasteiger partial charge in [0.05, 0.1) is 13.2 Å². The number of esters is 2. The zero-order valence-corrected chi connectivity index (χ0v) is 54.7. The minimum Gasteiger partial charge on any atom is -0.462 e. The fourth-order valence-corrected chi connectivity index (χ4v) is 11.5. The molecular weight excluding hydrogens is 1030 g/mol. The first-order valence-electron chi connectivity index (χ1n) is 35.5. The maximum absolute atomic E-state index is 12.8. The van der Waals surface area contributed by atoms with Gasteiger partial charge in [-0.3, -0.25) is 18.6 Å². The van der Waals surface area contributed by atoms with E-state index in [9.17, 15) is 19.0 Å². The lowest BCUT2D eigenvalue weighted by atomic mass is 10.0. The van der Waals surface area contributed by atoms with Gasteiger partial charge in [0.2, 0.25) is 0 Å². The summed E-state index contributed by atoms with van der Waals surface area (Å²) in [5.74, 6) is -0.806. The second kappa shape index (κ2) is 67.4. The molecule has 0 heterocycles. The molecule has 9 nitrogen and oxygen atoms in total. The van der Waals surface area contributed by atoms with Crippen LogP contribution in [0.15, 0.2) is 36.5 Å². The van der Waals surface area contributed by atoms with E-state index in [2.05, 4.69) is 50.3 Å². The van der Waals surface area contributed by atoms with Crippen molar-refractivity contribution in [1.29, 1.82) is 0 Å². The van der Waals surface area contributed by atoms with Gasteiger partial charge in [0.25, 0.3) is 0 Å². The number of rotatable bonds is 68. The minimum atomic E-state index is -4.39. The van der Waals surface area contributed by atoms with E-state index in [1.165, 1.54) is 302 Å². The fraction of sp³-hybridized carbons (Fsp3) is 0.887. The summed E-state index contributed by atoms with van der Waals surface area (Å²) >= 11 is 0. The van der Waals surface area contributed by atoms with Crippen molar-refractivity contribution < 1.29 is 37.6 Å². The largest absolute Gasteiger partial charge is 0.472 e. The SMILES string of the molecule is CCCCCCC/C=C\C/C=C\CCCCCCCCCCCCCCCCCC(=O)OC(COC(=O)CCCCCCCCCCCCCCCCCCCCCCC/C=C\CCCCCCCCCC)COP(=O)(O)OCCN. The molecule has 0 amide bonds. The van der Waals surface area contributed by atoms with Crippen molar-refractivity contribution in [2.75, 3.05) is 26.4 Å². The predicted molar refractivity (Wildman–Crippen MR) is 349 cm³/mol. The summed E-state index contributed by atoms with van der Waals surface area (Å²) in [7, 11) is -4.39. The molecule has 0 aliphatic heterocycles. The highest BCUT2D eigenvalue weighted by atomic mass is 31.2. The Balaban J connectivity index is 3.81. The van der Waals surface area contributed by atoms with Crippen LogP contribution in [-0.4, -0.2) is 49.3 Å². The van der Waals surface area contributed by atoms with Crippen LogP contribution in [0.5, 0.6) is 0 Å². The minimum absolute atomic E-state index is 0.0556. The number of nitrogens with two attached hydrogens (primary N) is 1. The molecule has 10 heteroatoms. The number of carbonyl (C=O) groups excluding carboxylic acids is 2. The molecule has 0 saturated heterocycles. The Morgan fingerprint density at radius 1 is 0.370 bits per heavy atom. The monoisotopic (exact) mass is 1160 g/mol. The molecule has 2 atom stereocenters. The molecular formula is C71H136NO8P. The van der Waals surface area contributed by atoms with Crippen LogP contribution in [0, 0.1) is 0 Å². The molecule has 3 N–H and O–H groups in total. The number of carbonyl (C=O) groups is 2. The third-order valence-corrected chi connectivity index (χ3v) is 17.0. The number of hydrogen-bond donors (Lipinski definition) is 2. The first-order valence-corrected chi connectivity index (χ1v) is 37.0. The predicted octanol–water partition coefficient (Wildman–Crippen LogP) is 23.1. The Morgan fingerprint density at radius 3 is 0.951 bits per heavy atom. The van der Waals surface area contributed by atoms with E-state index in [4.69, 9.17) is 24.3 Å². The van der Waals surface area contributed by atoms with Gasteiger partial charge >= 0.3 is 19.8 Å². The van der Waals surface area contributed by atoms with Crippen molar-refractivity contribution in [3.63, 3.8) is 0 Å². The molecule has 478 valence electrons. The van der Waals surface area contributed by atoms with Crippen molar-refractivity contribution >= 4 is 19.8 Å². The standard InChI is InChI=1S/C71H136NO8P/c1-3-5-7-9-11-13-15-17-19-21-23-25-27-29-31-32-33-34-35-36-38-39-41-43-45-47-49-51-53-55-57-59-61-63-70(73)77-67-69(68-79-81(75,76)78-66-65-72)80-71(74)64-62-60-58-56-54-52-50-48-46-44-42-40-37-30-28-26-24-22-20-18-16-14-12-10-8-6-4-2/h16,18,21-24,69H,3-15,17,19-20,25-68,72H2,1-2H3,(H,75,76)/b18-16-,23-21-,24-22-. The van der Waals surface area contributed by atoms with Crippen molar-refractivity contribution in [2.45, 2.75) is 380 Å². The van der Waals surface area contributed by atoms with Crippen molar-refractivity contribution in [3.05, 3.63) is 36.5 Å². The second-order valence-corrected chi connectivity index (χ2v) is 25.6. The van der Waals surface area contributed by atoms with Gasteiger partial charge in [-0.2, -0.15) is 0 Å². The molecule has 0 rings (SSSR count). The first kappa shape index (κ1) is 79.2.